The molecular formula is C6H14N4O3. The first kappa shape index (κ1) is 11.8. The van der Waals surface area contributed by atoms with E-state index in [9.17, 15) is 9.59 Å². The predicted molar refractivity (Wildman–Crippen MR) is 45.4 cm³/mol. The highest BCUT2D eigenvalue weighted by Crippen LogP contribution is 1.80. The number of hydrogen-bond donors (Lipinski definition) is 3. The van der Waals surface area contributed by atoms with Crippen molar-refractivity contribution in [1.82, 2.24) is 10.2 Å². The third-order valence-corrected chi connectivity index (χ3v) is 1.27. The lowest BCUT2D eigenvalue weighted by atomic mass is 10.5. The Morgan fingerprint density at radius 1 is 1.54 bits per heavy atom. The molecule has 0 atom stereocenters. The third-order valence-electron chi connectivity index (χ3n) is 1.27. The van der Waals surface area contributed by atoms with Gasteiger partial charge in [0.25, 0.3) is 0 Å². The summed E-state index contributed by atoms with van der Waals surface area (Å²) in [6.45, 7) is 1.10. The zero-order valence-corrected chi connectivity index (χ0v) is 7.45. The highest BCUT2D eigenvalue weighted by molar-refractivity contribution is 5.92. The molecule has 0 aliphatic carbocycles. The number of nitrogens with two attached hydrogens (primary N) is 2. The van der Waals surface area contributed by atoms with Crippen molar-refractivity contribution >= 4 is 12.0 Å². The first-order valence-corrected chi connectivity index (χ1v) is 3.69. The van der Waals surface area contributed by atoms with E-state index in [4.69, 9.17) is 5.73 Å². The van der Waals surface area contributed by atoms with Gasteiger partial charge >= 0.3 is 6.09 Å². The second-order valence-electron chi connectivity index (χ2n) is 2.48. The van der Waals surface area contributed by atoms with E-state index in [-0.39, 0.29) is 6.54 Å². The predicted octanol–water partition coefficient (Wildman–Crippen LogP) is -2.00. The van der Waals surface area contributed by atoms with Crippen molar-refractivity contribution in [3.05, 3.63) is 0 Å². The molecule has 13 heavy (non-hydrogen) atoms. The Balaban J connectivity index is 3.67. The molecule has 0 bridgehead atoms. The zero-order valence-electron chi connectivity index (χ0n) is 7.45. The van der Waals surface area contributed by atoms with Gasteiger partial charge in [-0.15, -0.1) is 0 Å². The Morgan fingerprint density at radius 2 is 2.15 bits per heavy atom. The van der Waals surface area contributed by atoms with Crippen LogP contribution in [0, 0.1) is 0 Å². The van der Waals surface area contributed by atoms with Gasteiger partial charge in [0.05, 0.1) is 6.54 Å². The molecule has 0 aromatic rings. The average molecular weight is 190 g/mol. The maximum Gasteiger partial charge on any atom is 0.432 e. The van der Waals surface area contributed by atoms with E-state index in [0.29, 0.717) is 13.1 Å². The molecule has 7 nitrogen and oxygen atoms in total. The first-order valence-electron chi connectivity index (χ1n) is 3.69. The number of likely N-dealkylation sites (N-methyl/N-ethyl adjacent to an activating group) is 1. The van der Waals surface area contributed by atoms with E-state index in [1.807, 2.05) is 5.32 Å². The molecule has 0 aromatic heterocycles. The van der Waals surface area contributed by atoms with Crippen LogP contribution in [0.25, 0.3) is 0 Å². The van der Waals surface area contributed by atoms with Gasteiger partial charge in [-0.25, -0.2) is 4.79 Å². The molecule has 0 saturated heterocycles. The maximum absolute atomic E-state index is 10.9. The van der Waals surface area contributed by atoms with E-state index in [1.165, 1.54) is 0 Å². The highest BCUT2D eigenvalue weighted by Gasteiger charge is 2.09. The van der Waals surface area contributed by atoms with Crippen LogP contribution in [0.15, 0.2) is 0 Å². The smallest absolute Gasteiger partial charge is 0.356 e. The van der Waals surface area contributed by atoms with Crippen LogP contribution in [0.2, 0.25) is 0 Å². The summed E-state index contributed by atoms with van der Waals surface area (Å²) in [5.41, 5.74) is 5.25. The molecule has 7 heteroatoms. The third kappa shape index (κ3) is 6.02. The Labute approximate surface area is 75.9 Å². The Morgan fingerprint density at radius 3 is 2.62 bits per heavy atom. The molecule has 0 radical (unpaired) electrons. The molecule has 0 aliphatic heterocycles. The van der Waals surface area contributed by atoms with Crippen molar-refractivity contribution in [2.75, 3.05) is 26.7 Å². The lowest BCUT2D eigenvalue weighted by Crippen LogP contribution is -2.40. The van der Waals surface area contributed by atoms with Gasteiger partial charge in [0.1, 0.15) is 0 Å². The van der Waals surface area contributed by atoms with Crippen LogP contribution in [-0.4, -0.2) is 43.6 Å². The lowest BCUT2D eigenvalue weighted by molar-refractivity contribution is -0.121. The van der Waals surface area contributed by atoms with Crippen LogP contribution in [0.5, 0.6) is 0 Å². The normalized spacial score (nSPS) is 9.85. The Hall–Kier alpha value is -1.18. The molecule has 2 amide bonds. The molecular weight excluding hydrogens is 176 g/mol. The summed E-state index contributed by atoms with van der Waals surface area (Å²) in [5.74, 6) is 4.03. The van der Waals surface area contributed by atoms with E-state index in [0.717, 1.165) is 0 Å². The fourth-order valence-corrected chi connectivity index (χ4v) is 0.727. The fraction of sp³-hybridized carbons (Fsp3) is 0.667. The second kappa shape index (κ2) is 6.35. The average Bonchev–Trinajstić information content (AvgIpc) is 2.04. The van der Waals surface area contributed by atoms with Gasteiger partial charge in [0, 0.05) is 13.1 Å². The van der Waals surface area contributed by atoms with Crippen LogP contribution < -0.4 is 16.9 Å². The van der Waals surface area contributed by atoms with Gasteiger partial charge in [-0.3, -0.25) is 15.0 Å². The number of carbonyl (C=O) groups excluding carboxylic acids is 2. The standard InChI is InChI=1S/C6H14N4O3/c1-10(3-2-7)4-5(11)9-6(12)13-8/h2-4,7-8H2,1H3,(H,9,11,12). The number of amides is 2. The first-order chi connectivity index (χ1) is 6.10. The van der Waals surface area contributed by atoms with Crippen LogP contribution in [0.3, 0.4) is 0 Å². The van der Waals surface area contributed by atoms with Crippen molar-refractivity contribution in [3.63, 3.8) is 0 Å². The summed E-state index contributed by atoms with van der Waals surface area (Å²) in [6, 6.07) is 0. The van der Waals surface area contributed by atoms with Crippen molar-refractivity contribution < 1.29 is 14.4 Å². The number of hydrogen-bond acceptors (Lipinski definition) is 6. The summed E-state index contributed by atoms with van der Waals surface area (Å²) >= 11 is 0. The number of imide groups is 1. The van der Waals surface area contributed by atoms with Crippen molar-refractivity contribution in [2.24, 2.45) is 11.6 Å². The van der Waals surface area contributed by atoms with E-state index >= 15 is 0 Å². The Bertz CT molecular complexity index is 185. The van der Waals surface area contributed by atoms with Gasteiger partial charge in [-0.2, -0.15) is 5.90 Å². The molecule has 76 valence electrons. The zero-order chi connectivity index (χ0) is 10.3. The molecule has 0 spiro atoms. The quantitative estimate of drug-likeness (QED) is 0.442. The minimum Gasteiger partial charge on any atom is -0.356 e. The topological polar surface area (TPSA) is 111 Å². The fourth-order valence-electron chi connectivity index (χ4n) is 0.727. The maximum atomic E-state index is 10.9. The lowest BCUT2D eigenvalue weighted by Gasteiger charge is -2.13. The molecule has 0 aromatic carbocycles. The molecule has 0 saturated carbocycles. The van der Waals surface area contributed by atoms with Gasteiger partial charge in [0.15, 0.2) is 0 Å². The molecule has 0 aliphatic rings. The summed E-state index contributed by atoms with van der Waals surface area (Å²) in [6.07, 6.45) is -0.967. The molecule has 0 rings (SSSR count). The number of carbonyl (C=O) groups is 2. The summed E-state index contributed by atoms with van der Waals surface area (Å²) in [4.78, 5) is 26.8. The van der Waals surface area contributed by atoms with Crippen LogP contribution >= 0.6 is 0 Å². The SMILES string of the molecule is CN(CCN)CC(=O)NC(=O)ON. The molecule has 0 fully saturated rings. The molecule has 5 N–H and O–H groups in total. The number of rotatable bonds is 4. The van der Waals surface area contributed by atoms with Gasteiger partial charge in [0.2, 0.25) is 5.91 Å². The van der Waals surface area contributed by atoms with Crippen LogP contribution in [-0.2, 0) is 9.63 Å². The minimum atomic E-state index is -0.967. The number of nitrogens with one attached hydrogen (secondary N) is 1. The van der Waals surface area contributed by atoms with Gasteiger partial charge in [-0.05, 0) is 7.05 Å². The summed E-state index contributed by atoms with van der Waals surface area (Å²) in [7, 11) is 1.71. The van der Waals surface area contributed by atoms with E-state index < -0.39 is 12.0 Å². The Kier molecular flexibility index (Phi) is 5.77. The van der Waals surface area contributed by atoms with Crippen molar-refractivity contribution in [2.45, 2.75) is 0 Å². The molecule has 0 heterocycles. The monoisotopic (exact) mass is 190 g/mol. The van der Waals surface area contributed by atoms with E-state index in [2.05, 4.69) is 10.7 Å². The highest BCUT2D eigenvalue weighted by atomic mass is 16.7. The largest absolute Gasteiger partial charge is 0.432 e. The van der Waals surface area contributed by atoms with Crippen LogP contribution in [0.1, 0.15) is 0 Å². The summed E-state index contributed by atoms with van der Waals surface area (Å²) < 4.78 is 0. The number of nitrogens with zero attached hydrogens (tertiary/aromatic N) is 1. The second-order valence-corrected chi connectivity index (χ2v) is 2.48. The van der Waals surface area contributed by atoms with Gasteiger partial charge in [-0.1, -0.05) is 0 Å². The minimum absolute atomic E-state index is 0.0757. The van der Waals surface area contributed by atoms with Gasteiger partial charge < -0.3 is 10.6 Å². The van der Waals surface area contributed by atoms with Crippen LogP contribution in [0.4, 0.5) is 4.79 Å². The molecule has 0 unspecified atom stereocenters. The van der Waals surface area contributed by atoms with Crippen molar-refractivity contribution in [1.29, 1.82) is 0 Å². The van der Waals surface area contributed by atoms with Crippen molar-refractivity contribution in [3.8, 4) is 0 Å². The summed E-state index contributed by atoms with van der Waals surface area (Å²) in [5, 5.41) is 1.91. The van der Waals surface area contributed by atoms with E-state index in [1.54, 1.807) is 11.9 Å².